The molecular formula is C16H16FN3O2. The highest BCUT2D eigenvalue weighted by molar-refractivity contribution is 5.93. The molecule has 2 N–H and O–H groups in total. The number of benzene rings is 1. The van der Waals surface area contributed by atoms with Gasteiger partial charge in [-0.15, -0.1) is 0 Å². The third-order valence-corrected chi connectivity index (χ3v) is 4.73. The number of nitrogens with zero attached hydrogens (tertiary/aromatic N) is 2. The molecule has 5 nitrogen and oxygen atoms in total. The number of hydrogen-bond acceptors (Lipinski definition) is 3. The molecule has 1 aromatic heterocycles. The summed E-state index contributed by atoms with van der Waals surface area (Å²) in [5, 5.41) is 16.9. The number of nitrogens with one attached hydrogen (secondary N) is 1. The van der Waals surface area contributed by atoms with E-state index in [9.17, 15) is 14.3 Å². The predicted octanol–water partition coefficient (Wildman–Crippen LogP) is 1.81. The number of aromatic nitrogens is 2. The number of carbonyl (C=O) groups is 1. The van der Waals surface area contributed by atoms with Crippen LogP contribution in [0.15, 0.2) is 30.3 Å². The average molecular weight is 301 g/mol. The van der Waals surface area contributed by atoms with Gasteiger partial charge in [0.2, 0.25) is 0 Å². The number of likely N-dealkylation sites (tertiary alicyclic amines) is 1. The lowest BCUT2D eigenvalue weighted by molar-refractivity contribution is 0.0758. The fourth-order valence-corrected chi connectivity index (χ4v) is 3.13. The fraction of sp³-hybridized carbons (Fsp3) is 0.375. The Bertz CT molecular complexity index is 721. The first-order valence-electron chi connectivity index (χ1n) is 7.36. The topological polar surface area (TPSA) is 69.2 Å². The first-order chi connectivity index (χ1) is 10.6. The Morgan fingerprint density at radius 1 is 1.36 bits per heavy atom. The molecular weight excluding hydrogens is 285 g/mol. The van der Waals surface area contributed by atoms with Crippen LogP contribution in [-0.4, -0.2) is 45.3 Å². The lowest BCUT2D eigenvalue weighted by Gasteiger charge is -2.14. The van der Waals surface area contributed by atoms with E-state index < -0.39 is 6.10 Å². The molecule has 2 heterocycles. The van der Waals surface area contributed by atoms with Gasteiger partial charge in [0, 0.05) is 24.1 Å². The summed E-state index contributed by atoms with van der Waals surface area (Å²) >= 11 is 0. The second kappa shape index (κ2) is 4.64. The summed E-state index contributed by atoms with van der Waals surface area (Å²) in [5.74, 6) is -0.458. The number of halogens is 1. The van der Waals surface area contributed by atoms with Crippen LogP contribution in [0.4, 0.5) is 4.39 Å². The third kappa shape index (κ3) is 2.11. The van der Waals surface area contributed by atoms with Crippen molar-refractivity contribution in [3.05, 3.63) is 41.8 Å². The number of H-pyrrole nitrogens is 1. The van der Waals surface area contributed by atoms with Crippen molar-refractivity contribution in [3.63, 3.8) is 0 Å². The van der Waals surface area contributed by atoms with Crippen molar-refractivity contribution in [2.75, 3.05) is 13.1 Å². The maximum absolute atomic E-state index is 12.9. The molecule has 6 heteroatoms. The van der Waals surface area contributed by atoms with Gasteiger partial charge < -0.3 is 10.0 Å². The minimum atomic E-state index is -0.420. The molecule has 1 aliphatic heterocycles. The number of hydrogen-bond donors (Lipinski definition) is 2. The Kier molecular flexibility index (Phi) is 2.84. The van der Waals surface area contributed by atoms with E-state index in [2.05, 4.69) is 10.2 Å². The molecule has 0 radical (unpaired) electrons. The van der Waals surface area contributed by atoms with Crippen molar-refractivity contribution in [2.45, 2.75) is 18.9 Å². The third-order valence-electron chi connectivity index (χ3n) is 4.73. The van der Waals surface area contributed by atoms with E-state index in [4.69, 9.17) is 0 Å². The molecule has 22 heavy (non-hydrogen) atoms. The lowest BCUT2D eigenvalue weighted by Crippen LogP contribution is -2.29. The number of β-amino-alcohol motifs (C(OH)–C–C–N with tert-alkyl or cyclic N) is 1. The number of carbonyl (C=O) groups excluding carboxylic acids is 1. The van der Waals surface area contributed by atoms with E-state index in [0.29, 0.717) is 24.5 Å². The number of aromatic amines is 1. The fourth-order valence-electron chi connectivity index (χ4n) is 3.13. The van der Waals surface area contributed by atoms with E-state index in [1.807, 2.05) is 0 Å². The minimum absolute atomic E-state index is 0.0601. The highest BCUT2D eigenvalue weighted by Gasteiger charge is 2.55. The first-order valence-corrected chi connectivity index (χ1v) is 7.36. The van der Waals surface area contributed by atoms with Gasteiger partial charge in [-0.2, -0.15) is 5.10 Å². The van der Waals surface area contributed by atoms with Gasteiger partial charge in [-0.3, -0.25) is 9.89 Å². The van der Waals surface area contributed by atoms with Gasteiger partial charge in [0.1, 0.15) is 11.5 Å². The van der Waals surface area contributed by atoms with Crippen LogP contribution in [0, 0.1) is 11.2 Å². The highest BCUT2D eigenvalue weighted by Crippen LogP contribution is 2.52. The van der Waals surface area contributed by atoms with Gasteiger partial charge in [-0.05, 0) is 43.2 Å². The Hall–Kier alpha value is -2.21. The zero-order chi connectivity index (χ0) is 15.3. The van der Waals surface area contributed by atoms with Crippen LogP contribution < -0.4 is 0 Å². The monoisotopic (exact) mass is 301 g/mol. The Morgan fingerprint density at radius 2 is 2.09 bits per heavy atom. The van der Waals surface area contributed by atoms with Crippen molar-refractivity contribution in [1.29, 1.82) is 0 Å². The second-order valence-electron chi connectivity index (χ2n) is 6.24. The molecule has 4 rings (SSSR count). The SMILES string of the molecule is O=C(c1cc(-c2ccc(F)cc2)n[nH]1)N1CC(O)C2(CC2)C1. The van der Waals surface area contributed by atoms with Crippen LogP contribution in [0.1, 0.15) is 23.3 Å². The molecule has 1 saturated heterocycles. The molecule has 1 amide bonds. The summed E-state index contributed by atoms with van der Waals surface area (Å²) in [6, 6.07) is 7.63. The zero-order valence-electron chi connectivity index (χ0n) is 11.9. The van der Waals surface area contributed by atoms with Crippen LogP contribution in [0.2, 0.25) is 0 Å². The number of aliphatic hydroxyl groups is 1. The Morgan fingerprint density at radius 3 is 2.73 bits per heavy atom. The average Bonchev–Trinajstić information content (AvgIpc) is 3.00. The summed E-state index contributed by atoms with van der Waals surface area (Å²) in [4.78, 5) is 14.2. The normalized spacial score (nSPS) is 22.3. The molecule has 1 aromatic carbocycles. The molecule has 1 spiro atoms. The number of aliphatic hydroxyl groups excluding tert-OH is 1. The van der Waals surface area contributed by atoms with E-state index in [1.165, 1.54) is 12.1 Å². The minimum Gasteiger partial charge on any atom is -0.391 e. The maximum Gasteiger partial charge on any atom is 0.271 e. The number of rotatable bonds is 2. The molecule has 114 valence electrons. The zero-order valence-corrected chi connectivity index (χ0v) is 11.9. The van der Waals surface area contributed by atoms with E-state index in [0.717, 1.165) is 18.4 Å². The van der Waals surface area contributed by atoms with Crippen molar-refractivity contribution in [1.82, 2.24) is 15.1 Å². The van der Waals surface area contributed by atoms with Crippen LogP contribution in [0.3, 0.4) is 0 Å². The predicted molar refractivity (Wildman–Crippen MR) is 77.6 cm³/mol. The van der Waals surface area contributed by atoms with Crippen molar-refractivity contribution in [2.24, 2.45) is 5.41 Å². The van der Waals surface area contributed by atoms with Gasteiger partial charge >= 0.3 is 0 Å². The quantitative estimate of drug-likeness (QED) is 0.889. The van der Waals surface area contributed by atoms with Crippen LogP contribution in [0.25, 0.3) is 11.3 Å². The van der Waals surface area contributed by atoms with Crippen molar-refractivity contribution in [3.8, 4) is 11.3 Å². The van der Waals surface area contributed by atoms with Crippen LogP contribution in [-0.2, 0) is 0 Å². The van der Waals surface area contributed by atoms with Gasteiger partial charge in [-0.1, -0.05) is 0 Å². The summed E-state index contributed by atoms with van der Waals surface area (Å²) in [6.07, 6.45) is 1.56. The molecule has 2 aromatic rings. The summed E-state index contributed by atoms with van der Waals surface area (Å²) in [5.41, 5.74) is 1.68. The van der Waals surface area contributed by atoms with E-state index in [1.54, 1.807) is 23.1 Å². The Labute approximate surface area is 126 Å². The summed E-state index contributed by atoms with van der Waals surface area (Å²) in [7, 11) is 0. The molecule has 1 unspecified atom stereocenters. The largest absolute Gasteiger partial charge is 0.391 e. The summed E-state index contributed by atoms with van der Waals surface area (Å²) in [6.45, 7) is 0.988. The maximum atomic E-state index is 12.9. The molecule has 2 fully saturated rings. The van der Waals surface area contributed by atoms with Crippen LogP contribution in [0.5, 0.6) is 0 Å². The Balaban J connectivity index is 1.54. The molecule has 1 saturated carbocycles. The highest BCUT2D eigenvalue weighted by atomic mass is 19.1. The van der Waals surface area contributed by atoms with Gasteiger partial charge in [0.05, 0.1) is 11.8 Å². The van der Waals surface area contributed by atoms with Gasteiger partial charge in [0.25, 0.3) is 5.91 Å². The second-order valence-corrected chi connectivity index (χ2v) is 6.24. The van der Waals surface area contributed by atoms with E-state index in [-0.39, 0.29) is 17.1 Å². The molecule has 1 aliphatic carbocycles. The van der Waals surface area contributed by atoms with Gasteiger partial charge in [-0.25, -0.2) is 4.39 Å². The molecule has 1 atom stereocenters. The molecule has 2 aliphatic rings. The van der Waals surface area contributed by atoms with Crippen molar-refractivity contribution >= 4 is 5.91 Å². The van der Waals surface area contributed by atoms with E-state index >= 15 is 0 Å². The number of amides is 1. The first kappa shape index (κ1) is 13.5. The smallest absolute Gasteiger partial charge is 0.271 e. The molecule has 0 bridgehead atoms. The lowest BCUT2D eigenvalue weighted by atomic mass is 10.0. The standard InChI is InChI=1S/C16H16FN3O2/c17-11-3-1-10(2-4-11)12-7-13(19-18-12)15(22)20-8-14(21)16(9-20)5-6-16/h1-4,7,14,21H,5-6,8-9H2,(H,18,19). The summed E-state index contributed by atoms with van der Waals surface area (Å²) < 4.78 is 12.9. The van der Waals surface area contributed by atoms with Crippen molar-refractivity contribution < 1.29 is 14.3 Å². The van der Waals surface area contributed by atoms with Gasteiger partial charge in [0.15, 0.2) is 0 Å². The van der Waals surface area contributed by atoms with Crippen LogP contribution >= 0.6 is 0 Å².